The Balaban J connectivity index is 2.43. The number of halogens is 2. The Hall–Kier alpha value is -1.60. The van der Waals surface area contributed by atoms with Crippen molar-refractivity contribution in [2.45, 2.75) is 31.4 Å². The molecule has 0 saturated heterocycles. The molecule has 0 spiro atoms. The number of nitrogens with one attached hydrogen (secondary N) is 1. The van der Waals surface area contributed by atoms with Gasteiger partial charge in [-0.2, -0.15) is 0 Å². The maximum atomic E-state index is 13.1. The number of carbonyl (C=O) groups excluding carboxylic acids is 1. The third-order valence-corrected chi connectivity index (χ3v) is 4.98. The van der Waals surface area contributed by atoms with Crippen molar-refractivity contribution in [3.8, 4) is 0 Å². The SMILES string of the molecule is [1H]C1([2H])CCC=C(C(=O)OCC)[C@@H]1S(=O)(=O)Nc1ccc(F)cc1Cl. The molecule has 0 fully saturated rings. The van der Waals surface area contributed by atoms with Crippen LogP contribution in [-0.4, -0.2) is 26.2 Å². The predicted molar refractivity (Wildman–Crippen MR) is 86.3 cm³/mol. The minimum Gasteiger partial charge on any atom is -0.463 e. The fraction of sp³-hybridized carbons (Fsp3) is 0.400. The number of benzene rings is 1. The quantitative estimate of drug-likeness (QED) is 0.816. The second kappa shape index (κ2) is 7.31. The van der Waals surface area contributed by atoms with Gasteiger partial charge in [-0.3, -0.25) is 4.72 Å². The molecule has 1 N–H and O–H groups in total. The number of hydrogen-bond acceptors (Lipinski definition) is 4. The van der Waals surface area contributed by atoms with Crippen molar-refractivity contribution in [3.63, 3.8) is 0 Å². The molecule has 0 aromatic heterocycles. The number of sulfonamides is 1. The van der Waals surface area contributed by atoms with E-state index in [1.54, 1.807) is 6.92 Å². The highest BCUT2D eigenvalue weighted by atomic mass is 35.5. The zero-order valence-corrected chi connectivity index (χ0v) is 13.9. The zero-order chi connectivity index (χ0) is 18.8. The molecule has 0 radical (unpaired) electrons. The lowest BCUT2D eigenvalue weighted by Crippen LogP contribution is -2.34. The molecule has 8 heteroatoms. The van der Waals surface area contributed by atoms with Gasteiger partial charge in [0.1, 0.15) is 11.1 Å². The van der Waals surface area contributed by atoms with E-state index in [2.05, 4.69) is 4.72 Å². The first kappa shape index (κ1) is 15.0. The van der Waals surface area contributed by atoms with Gasteiger partial charge >= 0.3 is 5.97 Å². The Kier molecular flexibility index (Phi) is 4.76. The van der Waals surface area contributed by atoms with Gasteiger partial charge in [0.05, 0.1) is 22.9 Å². The highest BCUT2D eigenvalue weighted by Crippen LogP contribution is 2.30. The number of ether oxygens (including phenoxy) is 1. The highest BCUT2D eigenvalue weighted by Gasteiger charge is 2.35. The van der Waals surface area contributed by atoms with Crippen LogP contribution in [0.4, 0.5) is 10.1 Å². The fourth-order valence-electron chi connectivity index (χ4n) is 2.13. The molecule has 1 aromatic carbocycles. The normalized spacial score (nSPS) is 25.9. The van der Waals surface area contributed by atoms with Gasteiger partial charge in [0, 0.05) is 2.74 Å². The second-order valence-corrected chi connectivity index (χ2v) is 6.95. The van der Waals surface area contributed by atoms with E-state index >= 15 is 0 Å². The summed E-state index contributed by atoms with van der Waals surface area (Å²) in [6.45, 7) is 1.60. The van der Waals surface area contributed by atoms with Gasteiger partial charge in [-0.15, -0.1) is 0 Å². The molecule has 1 aliphatic carbocycles. The fourth-order valence-corrected chi connectivity index (χ4v) is 3.86. The van der Waals surface area contributed by atoms with Crippen molar-refractivity contribution in [2.75, 3.05) is 11.3 Å². The van der Waals surface area contributed by atoms with E-state index in [1.807, 2.05) is 0 Å². The summed E-state index contributed by atoms with van der Waals surface area (Å²) in [7, 11) is -4.39. The van der Waals surface area contributed by atoms with Crippen LogP contribution in [-0.2, 0) is 19.6 Å². The molecule has 1 aliphatic rings. The smallest absolute Gasteiger partial charge is 0.335 e. The number of allylic oxidation sites excluding steroid dienone is 1. The molecule has 0 heterocycles. The van der Waals surface area contributed by atoms with Crippen LogP contribution in [0.5, 0.6) is 0 Å². The molecule has 1 aromatic rings. The molecule has 5 nitrogen and oxygen atoms in total. The lowest BCUT2D eigenvalue weighted by atomic mass is 9.99. The highest BCUT2D eigenvalue weighted by molar-refractivity contribution is 7.93. The summed E-state index contributed by atoms with van der Waals surface area (Å²) in [6.07, 6.45) is -0.673. The van der Waals surface area contributed by atoms with Crippen LogP contribution in [0, 0.1) is 5.82 Å². The molecule has 0 aliphatic heterocycles. The Morgan fingerprint density at radius 1 is 1.65 bits per heavy atom. The van der Waals surface area contributed by atoms with Crippen molar-refractivity contribution in [3.05, 3.63) is 40.7 Å². The van der Waals surface area contributed by atoms with Gasteiger partial charge in [-0.1, -0.05) is 17.7 Å². The average Bonchev–Trinajstić information content (AvgIpc) is 2.48. The van der Waals surface area contributed by atoms with Gasteiger partial charge < -0.3 is 4.74 Å². The zero-order valence-electron chi connectivity index (χ0n) is 14.3. The van der Waals surface area contributed by atoms with E-state index in [0.29, 0.717) is 0 Å². The summed E-state index contributed by atoms with van der Waals surface area (Å²) >= 11 is 5.83. The monoisotopic (exact) mass is 362 g/mol. The lowest BCUT2D eigenvalue weighted by molar-refractivity contribution is -0.138. The number of esters is 1. The van der Waals surface area contributed by atoms with Crippen LogP contribution in [0.2, 0.25) is 5.02 Å². The van der Waals surface area contributed by atoms with Gasteiger partial charge in [0.25, 0.3) is 0 Å². The molecular weight excluding hydrogens is 345 g/mol. The molecular formula is C15H17ClFNO4S. The molecule has 23 heavy (non-hydrogen) atoms. The first-order chi connectivity index (χ1) is 11.6. The van der Waals surface area contributed by atoms with E-state index in [1.165, 1.54) is 6.08 Å². The van der Waals surface area contributed by atoms with Gasteiger partial charge in [0.2, 0.25) is 10.0 Å². The topological polar surface area (TPSA) is 72.5 Å². The van der Waals surface area contributed by atoms with Crippen molar-refractivity contribution in [1.82, 2.24) is 0 Å². The Labute approximate surface area is 142 Å². The summed E-state index contributed by atoms with van der Waals surface area (Å²) in [5.41, 5.74) is -0.364. The van der Waals surface area contributed by atoms with Crippen LogP contribution in [0.3, 0.4) is 0 Å². The van der Waals surface area contributed by atoms with Gasteiger partial charge in [-0.05, 0) is 44.3 Å². The molecule has 0 saturated carbocycles. The molecule has 126 valence electrons. The molecule has 2 atom stereocenters. The number of rotatable bonds is 5. The third kappa shape index (κ3) is 4.23. The lowest BCUT2D eigenvalue weighted by Gasteiger charge is -2.24. The van der Waals surface area contributed by atoms with Crippen LogP contribution >= 0.6 is 11.6 Å². The van der Waals surface area contributed by atoms with E-state index in [-0.39, 0.29) is 35.7 Å². The van der Waals surface area contributed by atoms with Crippen molar-refractivity contribution >= 4 is 33.3 Å². The maximum Gasteiger partial charge on any atom is 0.335 e. The molecule has 2 rings (SSSR count). The molecule has 0 bridgehead atoms. The van der Waals surface area contributed by atoms with Crippen LogP contribution < -0.4 is 4.72 Å². The minimum atomic E-state index is -4.39. The maximum absolute atomic E-state index is 13.1. The third-order valence-electron chi connectivity index (χ3n) is 3.13. The van der Waals surface area contributed by atoms with Crippen molar-refractivity contribution in [1.29, 1.82) is 0 Å². The van der Waals surface area contributed by atoms with Gasteiger partial charge in [0.15, 0.2) is 0 Å². The van der Waals surface area contributed by atoms with Gasteiger partial charge in [-0.25, -0.2) is 17.6 Å². The van der Waals surface area contributed by atoms with E-state index in [4.69, 9.17) is 19.1 Å². The minimum absolute atomic E-state index is 0.0309. The second-order valence-electron chi connectivity index (χ2n) is 4.77. The Morgan fingerprint density at radius 3 is 3.04 bits per heavy atom. The van der Waals surface area contributed by atoms with Crippen LogP contribution in [0.15, 0.2) is 29.8 Å². The summed E-state index contributed by atoms with van der Waals surface area (Å²) in [5, 5.41) is -1.95. The van der Waals surface area contributed by atoms with Crippen molar-refractivity contribution in [2.24, 2.45) is 0 Å². The average molecular weight is 363 g/mol. The molecule has 0 amide bonds. The largest absolute Gasteiger partial charge is 0.463 e. The first-order valence-corrected chi connectivity index (χ1v) is 8.85. The summed E-state index contributed by atoms with van der Waals surface area (Å²) in [6, 6.07) is 3.07. The van der Waals surface area contributed by atoms with Crippen LogP contribution in [0.1, 0.15) is 28.9 Å². The summed E-state index contributed by atoms with van der Waals surface area (Å²) in [5.74, 6) is -1.53. The Morgan fingerprint density at radius 2 is 2.39 bits per heavy atom. The first-order valence-electron chi connectivity index (χ1n) is 7.92. The van der Waals surface area contributed by atoms with E-state index in [9.17, 15) is 17.6 Å². The number of carbonyl (C=O) groups is 1. The standard InChI is InChI=1S/C15H17ClFNO4S/c1-2-22-15(19)11-5-3-4-6-14(11)23(20,21)18-13-8-7-10(17)9-12(13)16/h5,7-9,14,18H,2-4,6H2,1H3/t14-/m1/s1/i6DH/t6?,14-. The summed E-state index contributed by atoms with van der Waals surface area (Å²) in [4.78, 5) is 12.1. The molecule has 1 unspecified atom stereocenters. The Bertz CT molecular complexity index is 814. The predicted octanol–water partition coefficient (Wildman–Crippen LogP) is 3.26. The number of hydrogen-bond donors (Lipinski definition) is 1. The van der Waals surface area contributed by atoms with E-state index < -0.39 is 33.4 Å². The van der Waals surface area contributed by atoms with Crippen molar-refractivity contribution < 1.29 is 25.1 Å². The number of anilines is 1. The summed E-state index contributed by atoms with van der Waals surface area (Å²) < 4.78 is 61.8. The van der Waals surface area contributed by atoms with E-state index in [0.717, 1.165) is 18.2 Å². The van der Waals surface area contributed by atoms with Crippen LogP contribution in [0.25, 0.3) is 0 Å².